The van der Waals surface area contributed by atoms with E-state index in [0.717, 1.165) is 11.2 Å². The van der Waals surface area contributed by atoms with Crippen molar-refractivity contribution in [1.82, 2.24) is 20.1 Å². The molecule has 0 radical (unpaired) electrons. The molecule has 0 saturated heterocycles. The summed E-state index contributed by atoms with van der Waals surface area (Å²) in [6.45, 7) is 3.73. The molecule has 2 heterocycles. The molecular formula is C15H16N4O2. The van der Waals surface area contributed by atoms with Gasteiger partial charge in [-0.1, -0.05) is 12.1 Å². The molecule has 0 saturated carbocycles. The Hall–Kier alpha value is -2.63. The standard InChI is InChI=1S/C15H16N4O2/c1-9-8-12(18-19(9)3)14(20)16-10(2)15-17-11-6-4-5-7-13(11)21-15/h4-8,10H,1-3H3,(H,16,20). The number of hydrogen-bond donors (Lipinski definition) is 1. The third-order valence-electron chi connectivity index (χ3n) is 3.37. The number of aryl methyl sites for hydroxylation is 2. The van der Waals surface area contributed by atoms with Gasteiger partial charge < -0.3 is 9.73 Å². The summed E-state index contributed by atoms with van der Waals surface area (Å²) in [7, 11) is 1.80. The van der Waals surface area contributed by atoms with Crippen LogP contribution in [-0.4, -0.2) is 20.7 Å². The maximum absolute atomic E-state index is 12.2. The van der Waals surface area contributed by atoms with E-state index in [1.165, 1.54) is 0 Å². The molecule has 3 rings (SSSR count). The minimum absolute atomic E-state index is 0.242. The van der Waals surface area contributed by atoms with Crippen LogP contribution >= 0.6 is 0 Å². The Bertz CT molecular complexity index is 750. The molecule has 0 bridgehead atoms. The van der Waals surface area contributed by atoms with Gasteiger partial charge in [0.05, 0.1) is 0 Å². The minimum Gasteiger partial charge on any atom is -0.438 e. The fourth-order valence-corrected chi connectivity index (χ4v) is 2.08. The third kappa shape index (κ3) is 2.52. The van der Waals surface area contributed by atoms with Gasteiger partial charge in [0.25, 0.3) is 5.91 Å². The number of aromatic nitrogens is 3. The van der Waals surface area contributed by atoms with E-state index in [1.54, 1.807) is 17.8 Å². The molecule has 0 aliphatic rings. The Morgan fingerprint density at radius 3 is 2.81 bits per heavy atom. The van der Waals surface area contributed by atoms with Crippen molar-refractivity contribution >= 4 is 17.0 Å². The maximum atomic E-state index is 12.2. The highest BCUT2D eigenvalue weighted by atomic mass is 16.3. The van der Waals surface area contributed by atoms with Gasteiger partial charge in [-0.2, -0.15) is 5.10 Å². The molecular weight excluding hydrogens is 268 g/mol. The van der Waals surface area contributed by atoms with Crippen LogP contribution in [0, 0.1) is 6.92 Å². The maximum Gasteiger partial charge on any atom is 0.272 e. The quantitative estimate of drug-likeness (QED) is 0.801. The highest BCUT2D eigenvalue weighted by Crippen LogP contribution is 2.19. The van der Waals surface area contributed by atoms with Crippen LogP contribution in [0.5, 0.6) is 0 Å². The van der Waals surface area contributed by atoms with E-state index >= 15 is 0 Å². The van der Waals surface area contributed by atoms with E-state index in [1.807, 2.05) is 38.1 Å². The summed E-state index contributed by atoms with van der Waals surface area (Å²) in [5, 5.41) is 7.00. The van der Waals surface area contributed by atoms with Crippen LogP contribution in [0.25, 0.3) is 11.1 Å². The van der Waals surface area contributed by atoms with Crippen LogP contribution in [-0.2, 0) is 7.05 Å². The summed E-state index contributed by atoms with van der Waals surface area (Å²) in [6.07, 6.45) is 0. The van der Waals surface area contributed by atoms with Gasteiger partial charge in [0, 0.05) is 12.7 Å². The van der Waals surface area contributed by atoms with Gasteiger partial charge >= 0.3 is 0 Å². The lowest BCUT2D eigenvalue weighted by Gasteiger charge is -2.08. The van der Waals surface area contributed by atoms with Crippen LogP contribution in [0.4, 0.5) is 0 Å². The lowest BCUT2D eigenvalue weighted by molar-refractivity contribution is 0.0928. The molecule has 1 unspecified atom stereocenters. The molecule has 3 aromatic rings. The second-order valence-corrected chi connectivity index (χ2v) is 5.01. The van der Waals surface area contributed by atoms with Crippen molar-refractivity contribution in [2.24, 2.45) is 7.05 Å². The molecule has 0 fully saturated rings. The highest BCUT2D eigenvalue weighted by molar-refractivity contribution is 5.92. The molecule has 6 nitrogen and oxygen atoms in total. The van der Waals surface area contributed by atoms with E-state index in [0.29, 0.717) is 17.2 Å². The third-order valence-corrected chi connectivity index (χ3v) is 3.37. The first-order valence-corrected chi connectivity index (χ1v) is 6.71. The lowest BCUT2D eigenvalue weighted by Crippen LogP contribution is -2.27. The average Bonchev–Trinajstić information content (AvgIpc) is 3.03. The zero-order valence-corrected chi connectivity index (χ0v) is 12.1. The Morgan fingerprint density at radius 2 is 2.14 bits per heavy atom. The second-order valence-electron chi connectivity index (χ2n) is 5.01. The van der Waals surface area contributed by atoms with E-state index < -0.39 is 0 Å². The van der Waals surface area contributed by atoms with Crippen LogP contribution in [0.2, 0.25) is 0 Å². The molecule has 108 valence electrons. The molecule has 1 aromatic carbocycles. The Balaban J connectivity index is 1.79. The van der Waals surface area contributed by atoms with E-state index in [2.05, 4.69) is 15.4 Å². The van der Waals surface area contributed by atoms with Crippen molar-refractivity contribution in [1.29, 1.82) is 0 Å². The highest BCUT2D eigenvalue weighted by Gasteiger charge is 2.18. The molecule has 0 aliphatic carbocycles. The fourth-order valence-electron chi connectivity index (χ4n) is 2.08. The van der Waals surface area contributed by atoms with Gasteiger partial charge in [0.2, 0.25) is 5.89 Å². The number of amides is 1. The minimum atomic E-state index is -0.327. The number of benzene rings is 1. The van der Waals surface area contributed by atoms with Gasteiger partial charge in [-0.05, 0) is 32.0 Å². The normalized spacial score (nSPS) is 12.5. The molecule has 1 N–H and O–H groups in total. The molecule has 21 heavy (non-hydrogen) atoms. The van der Waals surface area contributed by atoms with Crippen LogP contribution in [0.3, 0.4) is 0 Å². The number of nitrogens with one attached hydrogen (secondary N) is 1. The summed E-state index contributed by atoms with van der Waals surface area (Å²) in [5.41, 5.74) is 2.80. The average molecular weight is 284 g/mol. The van der Waals surface area contributed by atoms with Crippen molar-refractivity contribution in [3.63, 3.8) is 0 Å². The monoisotopic (exact) mass is 284 g/mol. The van der Waals surface area contributed by atoms with Crippen LogP contribution in [0.15, 0.2) is 34.7 Å². The molecule has 2 aromatic heterocycles. The van der Waals surface area contributed by atoms with Crippen molar-refractivity contribution in [2.45, 2.75) is 19.9 Å². The number of rotatable bonds is 3. The van der Waals surface area contributed by atoms with Crippen molar-refractivity contribution < 1.29 is 9.21 Å². The zero-order valence-electron chi connectivity index (χ0n) is 12.1. The first kappa shape index (κ1) is 13.4. The summed E-state index contributed by atoms with van der Waals surface area (Å²) in [6, 6.07) is 8.92. The van der Waals surface area contributed by atoms with Crippen molar-refractivity contribution in [3.05, 3.63) is 47.6 Å². The second kappa shape index (κ2) is 5.05. The summed E-state index contributed by atoms with van der Waals surface area (Å²) < 4.78 is 7.31. The van der Waals surface area contributed by atoms with E-state index in [4.69, 9.17) is 4.42 Å². The van der Waals surface area contributed by atoms with Gasteiger partial charge in [-0.15, -0.1) is 0 Å². The number of fused-ring (bicyclic) bond motifs is 1. The molecule has 1 atom stereocenters. The summed E-state index contributed by atoms with van der Waals surface area (Å²) in [4.78, 5) is 16.5. The summed E-state index contributed by atoms with van der Waals surface area (Å²) in [5.74, 6) is 0.241. The topological polar surface area (TPSA) is 73.0 Å². The number of oxazole rings is 1. The lowest BCUT2D eigenvalue weighted by atomic mass is 10.3. The van der Waals surface area contributed by atoms with Gasteiger partial charge in [-0.25, -0.2) is 4.98 Å². The number of nitrogens with zero attached hydrogens (tertiary/aromatic N) is 3. The molecule has 6 heteroatoms. The smallest absolute Gasteiger partial charge is 0.272 e. The number of carbonyl (C=O) groups excluding carboxylic acids is 1. The first-order valence-electron chi connectivity index (χ1n) is 6.71. The number of carbonyl (C=O) groups is 1. The fraction of sp³-hybridized carbons (Fsp3) is 0.267. The molecule has 1 amide bonds. The largest absolute Gasteiger partial charge is 0.438 e. The van der Waals surface area contributed by atoms with E-state index in [-0.39, 0.29) is 11.9 Å². The Morgan fingerprint density at radius 1 is 1.38 bits per heavy atom. The SMILES string of the molecule is Cc1cc(C(=O)NC(C)c2nc3ccccc3o2)nn1C. The molecule has 0 aliphatic heterocycles. The van der Waals surface area contributed by atoms with Gasteiger partial charge in [-0.3, -0.25) is 9.48 Å². The van der Waals surface area contributed by atoms with Gasteiger partial charge in [0.15, 0.2) is 5.58 Å². The predicted molar refractivity (Wildman–Crippen MR) is 77.8 cm³/mol. The number of para-hydroxylation sites is 2. The van der Waals surface area contributed by atoms with Crippen LogP contribution < -0.4 is 5.32 Å². The Labute approximate surface area is 121 Å². The van der Waals surface area contributed by atoms with Crippen molar-refractivity contribution in [3.8, 4) is 0 Å². The van der Waals surface area contributed by atoms with Crippen molar-refractivity contribution in [2.75, 3.05) is 0 Å². The van der Waals surface area contributed by atoms with Gasteiger partial charge in [0.1, 0.15) is 17.3 Å². The first-order chi connectivity index (χ1) is 10.0. The van der Waals surface area contributed by atoms with Crippen LogP contribution in [0.1, 0.15) is 35.0 Å². The summed E-state index contributed by atoms with van der Waals surface area (Å²) >= 11 is 0. The molecule has 0 spiro atoms. The predicted octanol–water partition coefficient (Wildman–Crippen LogP) is 2.36. The van der Waals surface area contributed by atoms with E-state index in [9.17, 15) is 4.79 Å². The number of hydrogen-bond acceptors (Lipinski definition) is 4. The zero-order chi connectivity index (χ0) is 15.0. The Kier molecular flexibility index (Phi) is 3.21.